The number of hydrogen-bond acceptors (Lipinski definition) is 4. The maximum atomic E-state index is 13.6. The average molecular weight is 492 g/mol. The number of benzene rings is 2. The van der Waals surface area contributed by atoms with Gasteiger partial charge in [0.2, 0.25) is 5.91 Å². The summed E-state index contributed by atoms with van der Waals surface area (Å²) < 4.78 is 5.81. The zero-order valence-corrected chi connectivity index (χ0v) is 21.2. The average Bonchev–Trinajstić information content (AvgIpc) is 3.56. The molecule has 1 fully saturated rings. The molecule has 4 rings (SSSR count). The summed E-state index contributed by atoms with van der Waals surface area (Å²) in [6.07, 6.45) is 1.82. The molecule has 1 unspecified atom stereocenters. The van der Waals surface area contributed by atoms with Crippen LogP contribution in [-0.4, -0.2) is 47.5 Å². The fraction of sp³-hybridized carbons (Fsp3) is 0.357. The topological polar surface area (TPSA) is 61.9 Å². The summed E-state index contributed by atoms with van der Waals surface area (Å²) >= 11 is 1.63. The lowest BCUT2D eigenvalue weighted by Crippen LogP contribution is -2.47. The number of rotatable bonds is 9. The number of urea groups is 1. The van der Waals surface area contributed by atoms with Crippen LogP contribution in [0.25, 0.3) is 0 Å². The zero-order valence-electron chi connectivity index (χ0n) is 20.4. The van der Waals surface area contributed by atoms with E-state index in [0.717, 1.165) is 40.1 Å². The highest BCUT2D eigenvalue weighted by atomic mass is 32.1. The van der Waals surface area contributed by atoms with Crippen LogP contribution in [0.4, 0.5) is 10.5 Å². The Morgan fingerprint density at radius 2 is 1.74 bits per heavy atom. The van der Waals surface area contributed by atoms with Crippen molar-refractivity contribution in [2.45, 2.75) is 45.9 Å². The Kier molecular flexibility index (Phi) is 8.55. The van der Waals surface area contributed by atoms with Gasteiger partial charge in [-0.05, 0) is 54.8 Å². The summed E-state index contributed by atoms with van der Waals surface area (Å²) in [6, 6.07) is 19.6. The molecule has 3 amide bonds. The molecular formula is C28H33N3O3S. The van der Waals surface area contributed by atoms with Gasteiger partial charge in [0, 0.05) is 30.3 Å². The minimum Gasteiger partial charge on any atom is -0.376 e. The quantitative estimate of drug-likeness (QED) is 0.423. The van der Waals surface area contributed by atoms with Crippen molar-refractivity contribution in [3.8, 4) is 0 Å². The van der Waals surface area contributed by atoms with Gasteiger partial charge in [0.1, 0.15) is 6.54 Å². The van der Waals surface area contributed by atoms with Gasteiger partial charge < -0.3 is 19.9 Å². The Labute approximate surface area is 211 Å². The minimum absolute atomic E-state index is 0.00513. The van der Waals surface area contributed by atoms with Gasteiger partial charge in [-0.15, -0.1) is 11.3 Å². The van der Waals surface area contributed by atoms with Crippen molar-refractivity contribution in [2.75, 3.05) is 25.0 Å². The van der Waals surface area contributed by atoms with Crippen LogP contribution in [0, 0.1) is 13.8 Å². The SMILES string of the molecule is Cc1cccc(C)c1NC(=O)N(CC(=O)N(Cc1ccccc1)Cc1cccs1)CC1CCCO1. The van der Waals surface area contributed by atoms with Gasteiger partial charge in [-0.3, -0.25) is 4.79 Å². The summed E-state index contributed by atoms with van der Waals surface area (Å²) in [5, 5.41) is 5.07. The van der Waals surface area contributed by atoms with Crippen molar-refractivity contribution in [1.82, 2.24) is 9.80 Å². The molecule has 1 aliphatic rings. The van der Waals surface area contributed by atoms with E-state index in [1.165, 1.54) is 0 Å². The van der Waals surface area contributed by atoms with Gasteiger partial charge in [0.25, 0.3) is 0 Å². The molecule has 0 spiro atoms. The lowest BCUT2D eigenvalue weighted by Gasteiger charge is -2.29. The molecule has 35 heavy (non-hydrogen) atoms. The number of carbonyl (C=O) groups excluding carboxylic acids is 2. The number of amides is 3. The number of para-hydroxylation sites is 1. The molecule has 7 heteroatoms. The Bertz CT molecular complexity index is 1090. The first kappa shape index (κ1) is 24.9. The summed E-state index contributed by atoms with van der Waals surface area (Å²) in [4.78, 5) is 31.6. The highest BCUT2D eigenvalue weighted by Gasteiger charge is 2.27. The van der Waals surface area contributed by atoms with E-state index in [1.807, 2.05) is 84.8 Å². The van der Waals surface area contributed by atoms with Gasteiger partial charge in [0.15, 0.2) is 0 Å². The fourth-order valence-corrected chi connectivity index (χ4v) is 5.06. The fourth-order valence-electron chi connectivity index (χ4n) is 4.34. The number of anilines is 1. The lowest BCUT2D eigenvalue weighted by atomic mass is 10.1. The molecule has 1 aliphatic heterocycles. The van der Waals surface area contributed by atoms with Crippen LogP contribution >= 0.6 is 11.3 Å². The predicted molar refractivity (Wildman–Crippen MR) is 140 cm³/mol. The Hall–Kier alpha value is -3.16. The highest BCUT2D eigenvalue weighted by Crippen LogP contribution is 2.21. The Morgan fingerprint density at radius 1 is 0.971 bits per heavy atom. The lowest BCUT2D eigenvalue weighted by molar-refractivity contribution is -0.133. The molecular weight excluding hydrogens is 458 g/mol. The highest BCUT2D eigenvalue weighted by molar-refractivity contribution is 7.09. The largest absolute Gasteiger partial charge is 0.376 e. The second-order valence-electron chi connectivity index (χ2n) is 9.03. The molecule has 2 heterocycles. The molecule has 184 valence electrons. The molecule has 1 saturated heterocycles. The number of nitrogens with one attached hydrogen (secondary N) is 1. The van der Waals surface area contributed by atoms with E-state index >= 15 is 0 Å². The molecule has 1 N–H and O–H groups in total. The van der Waals surface area contributed by atoms with Crippen LogP contribution < -0.4 is 5.32 Å². The second-order valence-corrected chi connectivity index (χ2v) is 10.1. The first-order valence-corrected chi connectivity index (χ1v) is 13.0. The summed E-state index contributed by atoms with van der Waals surface area (Å²) in [6.45, 7) is 6.03. The normalized spacial score (nSPS) is 15.1. The first-order valence-electron chi connectivity index (χ1n) is 12.1. The van der Waals surface area contributed by atoms with Gasteiger partial charge in [-0.25, -0.2) is 4.79 Å². The van der Waals surface area contributed by atoms with Crippen LogP contribution in [0.3, 0.4) is 0 Å². The van der Waals surface area contributed by atoms with Gasteiger partial charge in [-0.2, -0.15) is 0 Å². The number of hydrogen-bond donors (Lipinski definition) is 1. The number of ether oxygens (including phenoxy) is 1. The zero-order chi connectivity index (χ0) is 24.6. The van der Waals surface area contributed by atoms with Crippen LogP contribution in [0.5, 0.6) is 0 Å². The number of aryl methyl sites for hydroxylation is 2. The third-order valence-electron chi connectivity index (χ3n) is 6.27. The standard InChI is InChI=1S/C28H33N3O3S/c1-21-9-6-10-22(2)27(21)29-28(33)31(18-24-13-7-15-34-24)20-26(32)30(19-25-14-8-16-35-25)17-23-11-4-3-5-12-23/h3-6,8-12,14,16,24H,7,13,15,17-20H2,1-2H3,(H,29,33). The van der Waals surface area contributed by atoms with E-state index in [1.54, 1.807) is 16.2 Å². The number of carbonyl (C=O) groups is 2. The van der Waals surface area contributed by atoms with E-state index in [9.17, 15) is 9.59 Å². The van der Waals surface area contributed by atoms with E-state index < -0.39 is 0 Å². The Balaban J connectivity index is 1.52. The maximum Gasteiger partial charge on any atom is 0.322 e. The first-order chi connectivity index (χ1) is 17.0. The minimum atomic E-state index is -0.276. The molecule has 2 aromatic carbocycles. The third-order valence-corrected chi connectivity index (χ3v) is 7.13. The van der Waals surface area contributed by atoms with E-state index in [0.29, 0.717) is 26.2 Å². The van der Waals surface area contributed by atoms with Gasteiger partial charge in [-0.1, -0.05) is 54.6 Å². The Morgan fingerprint density at radius 3 is 2.40 bits per heavy atom. The van der Waals surface area contributed by atoms with E-state index in [4.69, 9.17) is 4.74 Å². The van der Waals surface area contributed by atoms with Crippen molar-refractivity contribution in [1.29, 1.82) is 0 Å². The van der Waals surface area contributed by atoms with Crippen LogP contribution in [0.15, 0.2) is 66.0 Å². The van der Waals surface area contributed by atoms with Gasteiger partial charge in [0.05, 0.1) is 12.6 Å². The molecule has 0 saturated carbocycles. The molecule has 6 nitrogen and oxygen atoms in total. The smallest absolute Gasteiger partial charge is 0.322 e. The van der Waals surface area contributed by atoms with Gasteiger partial charge >= 0.3 is 6.03 Å². The molecule has 0 radical (unpaired) electrons. The number of thiophene rings is 1. The predicted octanol–water partition coefficient (Wildman–Crippen LogP) is 5.61. The molecule has 0 bridgehead atoms. The van der Waals surface area contributed by atoms with Crippen LogP contribution in [-0.2, 0) is 22.6 Å². The molecule has 3 aromatic rings. The van der Waals surface area contributed by atoms with Crippen molar-refractivity contribution < 1.29 is 14.3 Å². The summed E-state index contributed by atoms with van der Waals surface area (Å²) in [5.41, 5.74) is 3.83. The summed E-state index contributed by atoms with van der Waals surface area (Å²) in [7, 11) is 0. The maximum absolute atomic E-state index is 13.6. The van der Waals surface area contributed by atoms with Crippen molar-refractivity contribution in [3.05, 3.63) is 87.6 Å². The third kappa shape index (κ3) is 6.93. The number of nitrogens with zero attached hydrogens (tertiary/aromatic N) is 2. The summed E-state index contributed by atoms with van der Waals surface area (Å²) in [5.74, 6) is -0.0862. The molecule has 1 atom stereocenters. The van der Waals surface area contributed by atoms with Crippen molar-refractivity contribution in [2.24, 2.45) is 0 Å². The van der Waals surface area contributed by atoms with Crippen LogP contribution in [0.1, 0.15) is 34.4 Å². The second kappa shape index (κ2) is 12.0. The van der Waals surface area contributed by atoms with Crippen molar-refractivity contribution in [3.63, 3.8) is 0 Å². The molecule has 1 aromatic heterocycles. The van der Waals surface area contributed by atoms with Crippen molar-refractivity contribution >= 4 is 29.0 Å². The monoisotopic (exact) mass is 491 g/mol. The van der Waals surface area contributed by atoms with Crippen LogP contribution in [0.2, 0.25) is 0 Å². The van der Waals surface area contributed by atoms with E-state index in [2.05, 4.69) is 5.32 Å². The molecule has 0 aliphatic carbocycles. The van der Waals surface area contributed by atoms with E-state index in [-0.39, 0.29) is 24.6 Å².